The summed E-state index contributed by atoms with van der Waals surface area (Å²) in [5, 5.41) is 24.6. The first kappa shape index (κ1) is 24.1. The van der Waals surface area contributed by atoms with Gasteiger partial charge in [-0.15, -0.1) is 20.4 Å². The highest BCUT2D eigenvalue weighted by Crippen LogP contribution is 2.19. The molecule has 0 bridgehead atoms. The minimum Gasteiger partial charge on any atom is -0.462 e. The third-order valence-corrected chi connectivity index (χ3v) is 5.86. The monoisotopic (exact) mass is 492 g/mol. The summed E-state index contributed by atoms with van der Waals surface area (Å²) in [5.74, 6) is 0.763. The molecule has 2 aromatic carbocycles. The minimum absolute atomic E-state index is 0.150. The number of nitrogens with zero attached hydrogens (tertiary/aromatic N) is 7. The second-order valence-electron chi connectivity index (χ2n) is 7.29. The summed E-state index contributed by atoms with van der Waals surface area (Å²) in [6.07, 6.45) is 0. The van der Waals surface area contributed by atoms with Crippen molar-refractivity contribution in [1.82, 2.24) is 35.0 Å². The van der Waals surface area contributed by atoms with Gasteiger partial charge in [0, 0.05) is 17.8 Å². The number of thioether (sulfide) groups is 1. The van der Waals surface area contributed by atoms with Gasteiger partial charge in [0.1, 0.15) is 6.54 Å². The van der Waals surface area contributed by atoms with Gasteiger partial charge in [-0.05, 0) is 43.3 Å². The Morgan fingerprint density at radius 1 is 1.00 bits per heavy atom. The molecule has 0 fully saturated rings. The number of tetrazole rings is 1. The van der Waals surface area contributed by atoms with Crippen molar-refractivity contribution < 1.29 is 14.3 Å². The first-order chi connectivity index (χ1) is 17.1. The molecular formula is C23H24N8O3S. The van der Waals surface area contributed by atoms with E-state index in [9.17, 15) is 9.59 Å². The number of anilines is 1. The van der Waals surface area contributed by atoms with Crippen LogP contribution < -0.4 is 5.32 Å². The average Bonchev–Trinajstić information content (AvgIpc) is 3.51. The van der Waals surface area contributed by atoms with Gasteiger partial charge in [0.2, 0.25) is 11.7 Å². The highest BCUT2D eigenvalue weighted by Gasteiger charge is 2.16. The predicted octanol–water partition coefficient (Wildman–Crippen LogP) is 2.91. The van der Waals surface area contributed by atoms with Crippen LogP contribution in [0.1, 0.15) is 30.0 Å². The molecule has 1 amide bonds. The van der Waals surface area contributed by atoms with Crippen LogP contribution in [0.5, 0.6) is 0 Å². The van der Waals surface area contributed by atoms with E-state index in [-0.39, 0.29) is 11.7 Å². The van der Waals surface area contributed by atoms with Crippen molar-refractivity contribution in [3.63, 3.8) is 0 Å². The Kier molecular flexibility index (Phi) is 7.83. The van der Waals surface area contributed by atoms with Crippen LogP contribution in [-0.4, -0.2) is 59.2 Å². The molecule has 4 rings (SSSR count). The Morgan fingerprint density at radius 3 is 2.49 bits per heavy atom. The first-order valence-electron chi connectivity index (χ1n) is 11.0. The van der Waals surface area contributed by atoms with E-state index in [4.69, 9.17) is 4.74 Å². The number of rotatable bonds is 10. The van der Waals surface area contributed by atoms with E-state index in [0.29, 0.717) is 47.8 Å². The zero-order chi connectivity index (χ0) is 24.6. The van der Waals surface area contributed by atoms with E-state index in [1.54, 1.807) is 31.2 Å². The van der Waals surface area contributed by atoms with E-state index in [1.165, 1.54) is 16.6 Å². The Morgan fingerprint density at radius 2 is 1.77 bits per heavy atom. The number of ether oxygens (including phenoxy) is 1. The summed E-state index contributed by atoms with van der Waals surface area (Å²) >= 11 is 1.28. The molecule has 11 nitrogen and oxygen atoms in total. The van der Waals surface area contributed by atoms with Gasteiger partial charge in [-0.3, -0.25) is 4.79 Å². The van der Waals surface area contributed by atoms with Gasteiger partial charge in [0.05, 0.1) is 17.9 Å². The molecule has 180 valence electrons. The van der Waals surface area contributed by atoms with Gasteiger partial charge in [-0.25, -0.2) is 4.79 Å². The summed E-state index contributed by atoms with van der Waals surface area (Å²) < 4.78 is 6.88. The van der Waals surface area contributed by atoms with Gasteiger partial charge in [-0.1, -0.05) is 42.1 Å². The lowest BCUT2D eigenvalue weighted by atomic mass is 10.2. The molecule has 0 aliphatic heterocycles. The Labute approximate surface area is 205 Å². The molecule has 0 saturated heterocycles. The van der Waals surface area contributed by atoms with Gasteiger partial charge < -0.3 is 14.6 Å². The maximum absolute atomic E-state index is 12.4. The molecule has 4 aromatic rings. The Hall–Kier alpha value is -4.06. The summed E-state index contributed by atoms with van der Waals surface area (Å²) in [5.41, 5.74) is 1.90. The van der Waals surface area contributed by atoms with E-state index in [2.05, 4.69) is 30.9 Å². The zero-order valence-corrected chi connectivity index (χ0v) is 20.1. The van der Waals surface area contributed by atoms with Crippen molar-refractivity contribution in [2.75, 3.05) is 17.7 Å². The Bertz CT molecular complexity index is 1290. The fraction of sp³-hybridized carbons (Fsp3) is 0.261. The molecular weight excluding hydrogens is 468 g/mol. The van der Waals surface area contributed by atoms with Crippen molar-refractivity contribution in [2.45, 2.75) is 32.1 Å². The number of hydrogen-bond acceptors (Lipinski definition) is 9. The summed E-state index contributed by atoms with van der Waals surface area (Å²) in [6.45, 7) is 4.97. The fourth-order valence-electron chi connectivity index (χ4n) is 3.23. The van der Waals surface area contributed by atoms with Gasteiger partial charge in [0.15, 0.2) is 11.0 Å². The number of hydrogen-bond donors (Lipinski definition) is 1. The normalized spacial score (nSPS) is 10.8. The van der Waals surface area contributed by atoms with E-state index >= 15 is 0 Å². The molecule has 12 heteroatoms. The molecule has 35 heavy (non-hydrogen) atoms. The molecule has 2 heterocycles. The van der Waals surface area contributed by atoms with Gasteiger partial charge >= 0.3 is 5.97 Å². The molecule has 0 aliphatic carbocycles. The van der Waals surface area contributed by atoms with Gasteiger partial charge in [-0.2, -0.15) is 4.80 Å². The smallest absolute Gasteiger partial charge is 0.338 e. The average molecular weight is 493 g/mol. The van der Waals surface area contributed by atoms with Crippen LogP contribution in [0.15, 0.2) is 59.8 Å². The van der Waals surface area contributed by atoms with E-state index in [0.717, 1.165) is 5.56 Å². The number of amides is 1. The second kappa shape index (κ2) is 11.4. The quantitative estimate of drug-likeness (QED) is 0.262. The lowest BCUT2D eigenvalue weighted by molar-refractivity contribution is -0.113. The van der Waals surface area contributed by atoms with Crippen LogP contribution in [0, 0.1) is 0 Å². The molecule has 0 unspecified atom stereocenters. The van der Waals surface area contributed by atoms with Crippen molar-refractivity contribution in [2.24, 2.45) is 0 Å². The third kappa shape index (κ3) is 6.09. The molecule has 0 saturated carbocycles. The number of carbonyl (C=O) groups is 2. The van der Waals surface area contributed by atoms with Crippen LogP contribution in [0.25, 0.3) is 11.4 Å². The van der Waals surface area contributed by atoms with Crippen LogP contribution in [0.4, 0.5) is 5.69 Å². The maximum Gasteiger partial charge on any atom is 0.338 e. The summed E-state index contributed by atoms with van der Waals surface area (Å²) in [6, 6.07) is 16.2. The summed E-state index contributed by atoms with van der Waals surface area (Å²) in [4.78, 5) is 25.6. The number of nitrogens with one attached hydrogen (secondary N) is 1. The molecule has 0 aliphatic rings. The van der Waals surface area contributed by atoms with E-state index < -0.39 is 5.97 Å². The van der Waals surface area contributed by atoms with Crippen LogP contribution in [0.3, 0.4) is 0 Å². The highest BCUT2D eigenvalue weighted by molar-refractivity contribution is 7.99. The van der Waals surface area contributed by atoms with Crippen molar-refractivity contribution in [3.05, 3.63) is 66.0 Å². The van der Waals surface area contributed by atoms with Crippen LogP contribution in [-0.2, 0) is 22.6 Å². The largest absolute Gasteiger partial charge is 0.462 e. The summed E-state index contributed by atoms with van der Waals surface area (Å²) in [7, 11) is 0. The van der Waals surface area contributed by atoms with Crippen LogP contribution >= 0.6 is 11.8 Å². The lowest BCUT2D eigenvalue weighted by Crippen LogP contribution is -2.15. The molecule has 2 aromatic heterocycles. The predicted molar refractivity (Wildman–Crippen MR) is 130 cm³/mol. The van der Waals surface area contributed by atoms with E-state index in [1.807, 2.05) is 41.8 Å². The Balaban J connectivity index is 1.34. The number of carbonyl (C=O) groups excluding carboxylic acids is 2. The SMILES string of the molecule is CCOC(=O)c1ccc(NC(=O)CSc2nnc(Cn3nnc(-c4ccccc4)n3)n2CC)cc1. The molecule has 0 radical (unpaired) electrons. The number of benzene rings is 2. The fourth-order valence-corrected chi connectivity index (χ4v) is 4.05. The van der Waals surface area contributed by atoms with Crippen LogP contribution in [0.2, 0.25) is 0 Å². The molecule has 0 spiro atoms. The standard InChI is InChI=1S/C23H24N8O3S/c1-3-30-19(14-31-28-21(26-29-31)16-8-6-5-7-9-16)25-27-23(30)35-15-20(32)24-18-12-10-17(11-13-18)22(33)34-4-2/h5-13H,3-4,14-15H2,1-2H3,(H,24,32). The molecule has 1 N–H and O–H groups in total. The highest BCUT2D eigenvalue weighted by atomic mass is 32.2. The lowest BCUT2D eigenvalue weighted by Gasteiger charge is -2.08. The number of aromatic nitrogens is 7. The van der Waals surface area contributed by atoms with Crippen molar-refractivity contribution >= 4 is 29.3 Å². The molecule has 0 atom stereocenters. The van der Waals surface area contributed by atoms with Crippen molar-refractivity contribution in [1.29, 1.82) is 0 Å². The maximum atomic E-state index is 12.4. The topological polar surface area (TPSA) is 130 Å². The van der Waals surface area contributed by atoms with Gasteiger partial charge in [0.25, 0.3) is 0 Å². The second-order valence-corrected chi connectivity index (χ2v) is 8.23. The van der Waals surface area contributed by atoms with Crippen molar-refractivity contribution in [3.8, 4) is 11.4 Å². The first-order valence-corrected chi connectivity index (χ1v) is 12.0. The zero-order valence-electron chi connectivity index (χ0n) is 19.3. The minimum atomic E-state index is -0.395. The third-order valence-electron chi connectivity index (χ3n) is 4.89. The number of esters is 1.